The van der Waals surface area contributed by atoms with E-state index in [-0.39, 0.29) is 10.5 Å². The summed E-state index contributed by atoms with van der Waals surface area (Å²) >= 11 is 3.16. The summed E-state index contributed by atoms with van der Waals surface area (Å²) in [4.78, 5) is 10.9. The van der Waals surface area contributed by atoms with Crippen LogP contribution in [0.2, 0.25) is 0 Å². The van der Waals surface area contributed by atoms with E-state index in [1.807, 2.05) is 6.92 Å². The molecular formula is C12H15BrO4S. The molecule has 0 fully saturated rings. The van der Waals surface area contributed by atoms with E-state index in [4.69, 9.17) is 5.11 Å². The first-order valence-electron chi connectivity index (χ1n) is 5.57. The molecule has 0 aliphatic carbocycles. The van der Waals surface area contributed by atoms with Gasteiger partial charge < -0.3 is 5.11 Å². The molecule has 1 aromatic rings. The number of hydrogen-bond donors (Lipinski definition) is 1. The van der Waals surface area contributed by atoms with E-state index in [0.717, 1.165) is 6.42 Å². The number of carboxylic acids is 1. The summed E-state index contributed by atoms with van der Waals surface area (Å²) < 4.78 is 25.0. The lowest BCUT2D eigenvalue weighted by Gasteiger charge is -2.13. The van der Waals surface area contributed by atoms with Gasteiger partial charge in [-0.3, -0.25) is 0 Å². The summed E-state index contributed by atoms with van der Waals surface area (Å²) in [7, 11) is -3.50. The first-order valence-corrected chi connectivity index (χ1v) is 7.91. The summed E-state index contributed by atoms with van der Waals surface area (Å²) in [6.45, 7) is 3.55. The van der Waals surface area contributed by atoms with Crippen molar-refractivity contribution in [1.29, 1.82) is 0 Å². The summed E-state index contributed by atoms with van der Waals surface area (Å²) in [5.74, 6) is -1.14. The van der Waals surface area contributed by atoms with Crippen LogP contribution in [0.25, 0.3) is 0 Å². The number of halogens is 1. The highest BCUT2D eigenvalue weighted by Gasteiger charge is 2.25. The predicted octanol–water partition coefficient (Wildman–Crippen LogP) is 3.11. The van der Waals surface area contributed by atoms with E-state index < -0.39 is 21.1 Å². The maximum Gasteiger partial charge on any atom is 0.335 e. The molecule has 6 heteroatoms. The highest BCUT2D eigenvalue weighted by Crippen LogP contribution is 2.28. The molecule has 1 unspecified atom stereocenters. The molecule has 1 atom stereocenters. The van der Waals surface area contributed by atoms with Gasteiger partial charge in [0, 0.05) is 4.47 Å². The minimum Gasteiger partial charge on any atom is -0.478 e. The maximum absolute atomic E-state index is 12.3. The van der Waals surface area contributed by atoms with Crippen LogP contribution in [-0.4, -0.2) is 24.7 Å². The van der Waals surface area contributed by atoms with Gasteiger partial charge in [-0.1, -0.05) is 13.3 Å². The molecule has 0 spiro atoms. The van der Waals surface area contributed by atoms with Crippen LogP contribution in [0, 0.1) is 0 Å². The lowest BCUT2D eigenvalue weighted by Crippen LogP contribution is -2.18. The van der Waals surface area contributed by atoms with Crippen LogP contribution in [0.15, 0.2) is 27.6 Å². The van der Waals surface area contributed by atoms with E-state index in [1.54, 1.807) is 6.92 Å². The van der Waals surface area contributed by atoms with E-state index in [2.05, 4.69) is 15.9 Å². The lowest BCUT2D eigenvalue weighted by molar-refractivity contribution is 0.0696. The fourth-order valence-corrected chi connectivity index (χ4v) is 4.17. The van der Waals surface area contributed by atoms with Gasteiger partial charge in [-0.05, 0) is 47.5 Å². The van der Waals surface area contributed by atoms with Gasteiger partial charge in [-0.15, -0.1) is 0 Å². The highest BCUT2D eigenvalue weighted by atomic mass is 79.9. The Morgan fingerprint density at radius 1 is 1.44 bits per heavy atom. The van der Waals surface area contributed by atoms with Crippen molar-refractivity contribution < 1.29 is 18.3 Å². The van der Waals surface area contributed by atoms with Crippen LogP contribution >= 0.6 is 15.9 Å². The zero-order chi connectivity index (χ0) is 13.9. The molecule has 0 saturated carbocycles. The van der Waals surface area contributed by atoms with E-state index in [9.17, 15) is 13.2 Å². The van der Waals surface area contributed by atoms with Crippen molar-refractivity contribution in [3.63, 3.8) is 0 Å². The van der Waals surface area contributed by atoms with Crippen LogP contribution in [0.3, 0.4) is 0 Å². The molecule has 1 aromatic carbocycles. The molecule has 100 valence electrons. The minimum atomic E-state index is -3.50. The molecule has 1 rings (SSSR count). The van der Waals surface area contributed by atoms with Crippen LogP contribution in [0.1, 0.15) is 37.0 Å². The second-order valence-electron chi connectivity index (χ2n) is 4.09. The second-order valence-corrected chi connectivity index (χ2v) is 7.28. The van der Waals surface area contributed by atoms with Crippen LogP contribution in [-0.2, 0) is 9.84 Å². The number of hydrogen-bond acceptors (Lipinski definition) is 3. The minimum absolute atomic E-state index is 0.0273. The summed E-state index contributed by atoms with van der Waals surface area (Å²) in [5.41, 5.74) is -0.0273. The maximum atomic E-state index is 12.3. The fraction of sp³-hybridized carbons (Fsp3) is 0.417. The zero-order valence-electron chi connectivity index (χ0n) is 10.2. The number of sulfone groups is 1. The molecule has 18 heavy (non-hydrogen) atoms. The van der Waals surface area contributed by atoms with Gasteiger partial charge in [0.15, 0.2) is 9.84 Å². The summed E-state index contributed by atoms with van der Waals surface area (Å²) in [6.07, 6.45) is 1.31. The molecule has 0 aromatic heterocycles. The van der Waals surface area contributed by atoms with E-state index >= 15 is 0 Å². The normalized spacial score (nSPS) is 13.3. The van der Waals surface area contributed by atoms with Crippen LogP contribution in [0.5, 0.6) is 0 Å². The smallest absolute Gasteiger partial charge is 0.335 e. The third-order valence-electron chi connectivity index (χ3n) is 2.71. The van der Waals surface area contributed by atoms with E-state index in [0.29, 0.717) is 10.9 Å². The Hall–Kier alpha value is -0.880. The third kappa shape index (κ3) is 3.11. The largest absolute Gasteiger partial charge is 0.478 e. The van der Waals surface area contributed by atoms with Crippen molar-refractivity contribution in [3.8, 4) is 0 Å². The van der Waals surface area contributed by atoms with Crippen LogP contribution < -0.4 is 0 Å². The second kappa shape index (κ2) is 5.84. The Kier molecular flexibility index (Phi) is 4.92. The SMILES string of the molecule is CCCC(C)S(=O)(=O)c1cc(C(=O)O)ccc1Br. The van der Waals surface area contributed by atoms with Crippen molar-refractivity contribution in [2.75, 3.05) is 0 Å². The first kappa shape index (κ1) is 15.2. The molecule has 4 nitrogen and oxygen atoms in total. The van der Waals surface area contributed by atoms with Gasteiger partial charge in [0.05, 0.1) is 15.7 Å². The standard InChI is InChI=1S/C12H15BrO4S/c1-3-4-8(2)18(16,17)11-7-9(12(14)15)5-6-10(11)13/h5-8H,3-4H2,1-2H3,(H,14,15). The Bertz CT molecular complexity index is 551. The Labute approximate surface area is 115 Å². The van der Waals surface area contributed by atoms with Crippen LogP contribution in [0.4, 0.5) is 0 Å². The third-order valence-corrected chi connectivity index (χ3v) is 5.91. The highest BCUT2D eigenvalue weighted by molar-refractivity contribution is 9.10. The zero-order valence-corrected chi connectivity index (χ0v) is 12.6. The molecule has 0 amide bonds. The Balaban J connectivity index is 3.31. The number of benzene rings is 1. The van der Waals surface area contributed by atoms with Crippen molar-refractivity contribution in [2.24, 2.45) is 0 Å². The molecule has 0 aliphatic rings. The van der Waals surface area contributed by atoms with Crippen molar-refractivity contribution in [2.45, 2.75) is 36.8 Å². The quantitative estimate of drug-likeness (QED) is 0.897. The summed E-state index contributed by atoms with van der Waals surface area (Å²) in [6, 6.07) is 4.03. The van der Waals surface area contributed by atoms with Gasteiger partial charge >= 0.3 is 5.97 Å². The fourth-order valence-electron chi connectivity index (χ4n) is 1.63. The van der Waals surface area contributed by atoms with Crippen molar-refractivity contribution in [3.05, 3.63) is 28.2 Å². The van der Waals surface area contributed by atoms with E-state index in [1.165, 1.54) is 18.2 Å². The van der Waals surface area contributed by atoms with Gasteiger partial charge in [0.25, 0.3) is 0 Å². The number of rotatable bonds is 5. The topological polar surface area (TPSA) is 71.4 Å². The molecule has 0 saturated heterocycles. The van der Waals surface area contributed by atoms with Crippen molar-refractivity contribution >= 4 is 31.7 Å². The van der Waals surface area contributed by atoms with Gasteiger partial charge in [0.2, 0.25) is 0 Å². The summed E-state index contributed by atoms with van der Waals surface area (Å²) in [5, 5.41) is 8.37. The Morgan fingerprint density at radius 3 is 2.56 bits per heavy atom. The molecule has 0 bridgehead atoms. The number of aromatic carboxylic acids is 1. The number of carboxylic acid groups (broad SMARTS) is 1. The predicted molar refractivity (Wildman–Crippen MR) is 72.7 cm³/mol. The molecular weight excluding hydrogens is 320 g/mol. The molecule has 0 heterocycles. The molecule has 0 radical (unpaired) electrons. The average molecular weight is 335 g/mol. The lowest BCUT2D eigenvalue weighted by atomic mass is 10.2. The first-order chi connectivity index (χ1) is 8.30. The van der Waals surface area contributed by atoms with Crippen molar-refractivity contribution in [1.82, 2.24) is 0 Å². The van der Waals surface area contributed by atoms with Gasteiger partial charge in [-0.25, -0.2) is 13.2 Å². The molecule has 1 N–H and O–H groups in total. The molecule has 0 aliphatic heterocycles. The number of carbonyl (C=O) groups is 1. The Morgan fingerprint density at radius 2 is 2.06 bits per heavy atom. The van der Waals surface area contributed by atoms with Gasteiger partial charge in [-0.2, -0.15) is 0 Å². The van der Waals surface area contributed by atoms with Gasteiger partial charge in [0.1, 0.15) is 0 Å². The average Bonchev–Trinajstić information content (AvgIpc) is 2.29. The monoisotopic (exact) mass is 334 g/mol.